The van der Waals surface area contributed by atoms with Crippen molar-refractivity contribution in [3.8, 4) is 0 Å². The quantitative estimate of drug-likeness (QED) is 0.495. The van der Waals surface area contributed by atoms with Crippen molar-refractivity contribution < 1.29 is 9.18 Å². The Morgan fingerprint density at radius 1 is 1.67 bits per heavy atom. The molecule has 1 aromatic rings. The van der Waals surface area contributed by atoms with Crippen molar-refractivity contribution in [2.75, 3.05) is 6.26 Å². The Balaban J connectivity index is 3.04. The van der Waals surface area contributed by atoms with Gasteiger partial charge in [-0.05, 0) is 18.4 Å². The predicted octanol–water partition coefficient (Wildman–Crippen LogP) is 2.58. The van der Waals surface area contributed by atoms with E-state index in [9.17, 15) is 9.18 Å². The maximum atomic E-state index is 12.9. The van der Waals surface area contributed by atoms with Crippen molar-refractivity contribution in [1.82, 2.24) is 5.32 Å². The molecule has 0 heterocycles. The molecule has 1 amide bonds. The summed E-state index contributed by atoms with van der Waals surface area (Å²) in [6, 6.07) is 3.85. The fraction of sp³-hybridized carbons (Fsp3) is 0.111. The van der Waals surface area contributed by atoms with Crippen LogP contribution < -0.4 is 5.32 Å². The van der Waals surface area contributed by atoms with Gasteiger partial charge >= 0.3 is 0 Å². The Bertz CT molecular complexity index is 398. The van der Waals surface area contributed by atoms with Crippen molar-refractivity contribution in [2.24, 2.45) is 4.99 Å². The molecule has 0 unspecified atom stereocenters. The minimum atomic E-state index is -0.426. The van der Waals surface area contributed by atoms with Crippen LogP contribution in [0.15, 0.2) is 23.2 Å². The van der Waals surface area contributed by atoms with Crippen LogP contribution in [0.4, 0.5) is 10.1 Å². The molecule has 1 aromatic carbocycles. The number of nitrogens with zero attached hydrogens (tertiary/aromatic N) is 1. The first-order chi connectivity index (χ1) is 7.17. The first-order valence-corrected chi connectivity index (χ1v) is 5.55. The van der Waals surface area contributed by atoms with Crippen molar-refractivity contribution in [3.05, 3.63) is 29.0 Å². The Labute approximate surface area is 95.7 Å². The van der Waals surface area contributed by atoms with Crippen LogP contribution in [0.2, 0.25) is 5.02 Å². The van der Waals surface area contributed by atoms with E-state index in [0.717, 1.165) is 0 Å². The molecule has 15 heavy (non-hydrogen) atoms. The number of thioether (sulfide) groups is 1. The van der Waals surface area contributed by atoms with Crippen molar-refractivity contribution in [3.63, 3.8) is 0 Å². The first kappa shape index (κ1) is 12.0. The Morgan fingerprint density at radius 2 is 2.40 bits per heavy atom. The fourth-order valence-electron chi connectivity index (χ4n) is 0.868. The summed E-state index contributed by atoms with van der Waals surface area (Å²) < 4.78 is 12.9. The Kier molecular flexibility index (Phi) is 4.58. The maximum Gasteiger partial charge on any atom is 0.213 e. The van der Waals surface area contributed by atoms with Gasteiger partial charge in [-0.25, -0.2) is 9.38 Å². The van der Waals surface area contributed by atoms with E-state index < -0.39 is 5.82 Å². The van der Waals surface area contributed by atoms with Gasteiger partial charge in [0.05, 0.1) is 10.7 Å². The Morgan fingerprint density at radius 3 is 3.00 bits per heavy atom. The minimum Gasteiger partial charge on any atom is -0.308 e. The van der Waals surface area contributed by atoms with Gasteiger partial charge in [-0.3, -0.25) is 4.79 Å². The molecule has 0 atom stereocenters. The zero-order chi connectivity index (χ0) is 11.3. The maximum absolute atomic E-state index is 12.9. The first-order valence-electron chi connectivity index (χ1n) is 3.95. The lowest BCUT2D eigenvalue weighted by Crippen LogP contribution is -2.17. The average Bonchev–Trinajstić information content (AvgIpc) is 2.22. The van der Waals surface area contributed by atoms with Crippen LogP contribution in [-0.4, -0.2) is 17.8 Å². The van der Waals surface area contributed by atoms with E-state index in [1.807, 2.05) is 0 Å². The van der Waals surface area contributed by atoms with Crippen LogP contribution >= 0.6 is 23.4 Å². The largest absolute Gasteiger partial charge is 0.308 e. The molecule has 6 heteroatoms. The summed E-state index contributed by atoms with van der Waals surface area (Å²) in [6.45, 7) is 0. The van der Waals surface area contributed by atoms with E-state index in [0.29, 0.717) is 16.6 Å². The standard InChI is InChI=1S/C9H8ClFN2OS/c1-15-9(12-5-14)13-8-4-6(11)2-3-7(8)10/h2-5H,1H3,(H,12,13,14). The number of amides is 1. The smallest absolute Gasteiger partial charge is 0.213 e. The molecule has 1 N–H and O–H groups in total. The van der Waals surface area contributed by atoms with Crippen LogP contribution in [0.3, 0.4) is 0 Å². The highest BCUT2D eigenvalue weighted by molar-refractivity contribution is 8.13. The van der Waals surface area contributed by atoms with E-state index in [2.05, 4.69) is 10.3 Å². The third kappa shape index (κ3) is 3.53. The van der Waals surface area contributed by atoms with Crippen LogP contribution in [0.25, 0.3) is 0 Å². The number of hydrogen-bond acceptors (Lipinski definition) is 3. The number of benzene rings is 1. The van der Waals surface area contributed by atoms with Crippen LogP contribution in [0.1, 0.15) is 0 Å². The van der Waals surface area contributed by atoms with E-state index >= 15 is 0 Å². The molecular weight excluding hydrogens is 239 g/mol. The number of carbonyl (C=O) groups is 1. The van der Waals surface area contributed by atoms with Crippen LogP contribution in [0.5, 0.6) is 0 Å². The van der Waals surface area contributed by atoms with Gasteiger partial charge in [-0.15, -0.1) is 0 Å². The molecule has 0 aliphatic heterocycles. The second-order valence-corrected chi connectivity index (χ2v) is 3.68. The Hall–Kier alpha value is -1.07. The number of carbonyl (C=O) groups excluding carboxylic acids is 1. The predicted molar refractivity (Wildman–Crippen MR) is 61.2 cm³/mol. The van der Waals surface area contributed by atoms with Gasteiger partial charge in [-0.2, -0.15) is 0 Å². The van der Waals surface area contributed by atoms with Gasteiger partial charge < -0.3 is 5.32 Å². The van der Waals surface area contributed by atoms with Crippen molar-refractivity contribution in [1.29, 1.82) is 0 Å². The van der Waals surface area contributed by atoms with Gasteiger partial charge in [0.2, 0.25) is 6.41 Å². The van der Waals surface area contributed by atoms with Gasteiger partial charge in [0.15, 0.2) is 5.17 Å². The minimum absolute atomic E-state index is 0.287. The zero-order valence-electron chi connectivity index (χ0n) is 7.83. The third-order valence-electron chi connectivity index (χ3n) is 1.51. The number of amidine groups is 1. The lowest BCUT2D eigenvalue weighted by Gasteiger charge is -2.02. The summed E-state index contributed by atoms with van der Waals surface area (Å²) in [7, 11) is 0. The normalized spacial score (nSPS) is 11.3. The summed E-state index contributed by atoms with van der Waals surface area (Å²) in [5.74, 6) is -0.426. The molecule has 0 fully saturated rings. The second-order valence-electron chi connectivity index (χ2n) is 2.48. The van der Waals surface area contributed by atoms with Gasteiger partial charge in [0, 0.05) is 6.07 Å². The SMILES string of the molecule is CS/C(=N\c1cc(F)ccc1Cl)NC=O. The van der Waals surface area contributed by atoms with E-state index in [4.69, 9.17) is 11.6 Å². The van der Waals surface area contributed by atoms with E-state index in [1.54, 1.807) is 6.26 Å². The molecule has 0 spiro atoms. The molecule has 0 aliphatic carbocycles. The summed E-state index contributed by atoms with van der Waals surface area (Å²) in [6.07, 6.45) is 2.24. The lowest BCUT2D eigenvalue weighted by molar-refractivity contribution is -0.108. The van der Waals surface area contributed by atoms with E-state index in [1.165, 1.54) is 30.0 Å². The van der Waals surface area contributed by atoms with Crippen molar-refractivity contribution >= 4 is 40.6 Å². The second kappa shape index (κ2) is 5.72. The highest BCUT2D eigenvalue weighted by Crippen LogP contribution is 2.26. The van der Waals surface area contributed by atoms with Gasteiger partial charge in [0.25, 0.3) is 0 Å². The monoisotopic (exact) mass is 246 g/mol. The number of hydrogen-bond donors (Lipinski definition) is 1. The average molecular weight is 247 g/mol. The molecule has 0 saturated carbocycles. The molecule has 0 aliphatic rings. The summed E-state index contributed by atoms with van der Waals surface area (Å²) >= 11 is 7.03. The summed E-state index contributed by atoms with van der Waals surface area (Å²) in [5, 5.41) is 3.07. The summed E-state index contributed by atoms with van der Waals surface area (Å²) in [5.41, 5.74) is 0.287. The molecule has 0 bridgehead atoms. The molecule has 3 nitrogen and oxygen atoms in total. The molecule has 1 rings (SSSR count). The topological polar surface area (TPSA) is 41.5 Å². The number of aliphatic imine (C=N–C) groups is 1. The van der Waals surface area contributed by atoms with E-state index in [-0.39, 0.29) is 5.69 Å². The molecular formula is C9H8ClFN2OS. The highest BCUT2D eigenvalue weighted by Gasteiger charge is 2.02. The number of rotatable bonds is 2. The lowest BCUT2D eigenvalue weighted by atomic mass is 10.3. The molecule has 0 radical (unpaired) electrons. The number of halogens is 2. The molecule has 80 valence electrons. The van der Waals surface area contributed by atoms with Gasteiger partial charge in [-0.1, -0.05) is 23.4 Å². The van der Waals surface area contributed by atoms with Crippen LogP contribution in [-0.2, 0) is 4.79 Å². The summed E-state index contributed by atoms with van der Waals surface area (Å²) in [4.78, 5) is 14.2. The van der Waals surface area contributed by atoms with Crippen LogP contribution in [0, 0.1) is 5.82 Å². The fourth-order valence-corrected chi connectivity index (χ4v) is 1.38. The van der Waals surface area contributed by atoms with Gasteiger partial charge in [0.1, 0.15) is 5.82 Å². The molecule has 0 saturated heterocycles. The number of nitrogens with one attached hydrogen (secondary N) is 1. The third-order valence-corrected chi connectivity index (χ3v) is 2.42. The highest BCUT2D eigenvalue weighted by atomic mass is 35.5. The molecule has 0 aromatic heterocycles. The zero-order valence-corrected chi connectivity index (χ0v) is 9.40. The van der Waals surface area contributed by atoms with Crippen molar-refractivity contribution in [2.45, 2.75) is 0 Å².